The molecular weight excluding hydrogens is 264 g/mol. The van der Waals surface area contributed by atoms with Gasteiger partial charge >= 0.3 is 6.03 Å². The molecule has 19 heavy (non-hydrogen) atoms. The number of benzene rings is 1. The van der Waals surface area contributed by atoms with Crippen LogP contribution in [0.1, 0.15) is 18.9 Å². The summed E-state index contributed by atoms with van der Waals surface area (Å²) in [5.74, 6) is 0.135. The molecule has 6 heteroatoms. The average molecular weight is 282 g/mol. The van der Waals surface area contributed by atoms with Crippen molar-refractivity contribution < 1.29 is 13.2 Å². The van der Waals surface area contributed by atoms with E-state index < -0.39 is 15.4 Å². The Labute approximate surface area is 113 Å². The van der Waals surface area contributed by atoms with Crippen LogP contribution in [0.3, 0.4) is 0 Å². The number of carbonyl (C=O) groups excluding carboxylic acids is 1. The van der Waals surface area contributed by atoms with Crippen molar-refractivity contribution in [2.24, 2.45) is 0 Å². The minimum atomic E-state index is -3.02. The van der Waals surface area contributed by atoms with E-state index in [1.54, 1.807) is 6.92 Å². The van der Waals surface area contributed by atoms with Gasteiger partial charge in [-0.05, 0) is 32.4 Å². The molecule has 1 aliphatic heterocycles. The van der Waals surface area contributed by atoms with E-state index in [0.717, 1.165) is 5.56 Å². The Balaban J connectivity index is 1.97. The van der Waals surface area contributed by atoms with Gasteiger partial charge in [0, 0.05) is 5.69 Å². The lowest BCUT2D eigenvalue weighted by Crippen LogP contribution is -2.48. The van der Waals surface area contributed by atoms with E-state index in [1.165, 1.54) is 0 Å². The number of nitrogens with one attached hydrogen (secondary N) is 2. The van der Waals surface area contributed by atoms with Crippen LogP contribution in [-0.2, 0) is 9.84 Å². The number of carbonyl (C=O) groups is 1. The smallest absolute Gasteiger partial charge is 0.319 e. The quantitative estimate of drug-likeness (QED) is 0.867. The van der Waals surface area contributed by atoms with Crippen molar-refractivity contribution in [3.8, 4) is 0 Å². The fourth-order valence-electron chi connectivity index (χ4n) is 2.18. The molecule has 2 rings (SSSR count). The van der Waals surface area contributed by atoms with Crippen LogP contribution in [0.2, 0.25) is 0 Å². The molecule has 1 aromatic carbocycles. The molecule has 2 amide bonds. The van der Waals surface area contributed by atoms with Gasteiger partial charge in [-0.2, -0.15) is 0 Å². The summed E-state index contributed by atoms with van der Waals surface area (Å²) in [5.41, 5.74) is 1.13. The number of anilines is 1. The van der Waals surface area contributed by atoms with Crippen LogP contribution in [-0.4, -0.2) is 31.5 Å². The maximum absolute atomic E-state index is 11.9. The van der Waals surface area contributed by atoms with Crippen molar-refractivity contribution in [3.63, 3.8) is 0 Å². The zero-order valence-corrected chi connectivity index (χ0v) is 11.9. The first-order valence-corrected chi connectivity index (χ1v) is 7.96. The van der Waals surface area contributed by atoms with Crippen LogP contribution in [0.4, 0.5) is 10.5 Å². The fraction of sp³-hybridized carbons (Fsp3) is 0.462. The minimum absolute atomic E-state index is 0.00131. The topological polar surface area (TPSA) is 75.3 Å². The molecule has 1 saturated heterocycles. The normalized spacial score (nSPS) is 24.9. The highest BCUT2D eigenvalue weighted by Crippen LogP contribution is 2.22. The average Bonchev–Trinajstić information content (AvgIpc) is 2.56. The van der Waals surface area contributed by atoms with Gasteiger partial charge in [-0.1, -0.05) is 17.7 Å². The molecular formula is C13H18N2O3S. The van der Waals surface area contributed by atoms with Crippen LogP contribution in [0, 0.1) is 6.92 Å². The van der Waals surface area contributed by atoms with Gasteiger partial charge < -0.3 is 10.6 Å². The van der Waals surface area contributed by atoms with E-state index in [4.69, 9.17) is 0 Å². The maximum Gasteiger partial charge on any atom is 0.319 e. The second-order valence-corrected chi connectivity index (χ2v) is 7.53. The molecule has 0 bridgehead atoms. The third-order valence-electron chi connectivity index (χ3n) is 3.23. The second kappa shape index (κ2) is 4.85. The van der Waals surface area contributed by atoms with Crippen LogP contribution in [0.15, 0.2) is 24.3 Å². The fourth-order valence-corrected chi connectivity index (χ4v) is 4.28. The van der Waals surface area contributed by atoms with Gasteiger partial charge in [-0.15, -0.1) is 0 Å². The lowest BCUT2D eigenvalue weighted by Gasteiger charge is -2.24. The zero-order valence-electron chi connectivity index (χ0n) is 11.1. The van der Waals surface area contributed by atoms with Gasteiger partial charge in [0.25, 0.3) is 0 Å². The number of hydrogen-bond donors (Lipinski definition) is 2. The number of rotatable bonds is 2. The van der Waals surface area contributed by atoms with E-state index in [9.17, 15) is 13.2 Å². The Morgan fingerprint density at radius 2 is 1.89 bits per heavy atom. The summed E-state index contributed by atoms with van der Waals surface area (Å²) in [6.45, 7) is 3.72. The molecule has 0 radical (unpaired) electrons. The maximum atomic E-state index is 11.9. The van der Waals surface area contributed by atoms with E-state index in [-0.39, 0.29) is 17.5 Å². The summed E-state index contributed by atoms with van der Waals surface area (Å²) in [4.78, 5) is 11.9. The third kappa shape index (κ3) is 3.70. The Morgan fingerprint density at radius 1 is 1.26 bits per heavy atom. The SMILES string of the molecule is Cc1ccc(NC(=O)NC2(C)CCS(=O)(=O)C2)cc1. The van der Waals surface area contributed by atoms with Crippen LogP contribution >= 0.6 is 0 Å². The molecule has 1 aliphatic rings. The summed E-state index contributed by atoms with van der Waals surface area (Å²) >= 11 is 0. The third-order valence-corrected chi connectivity index (χ3v) is 5.13. The summed E-state index contributed by atoms with van der Waals surface area (Å²) in [5, 5.41) is 5.45. The van der Waals surface area contributed by atoms with Gasteiger partial charge in [0.15, 0.2) is 9.84 Å². The first-order valence-electron chi connectivity index (χ1n) is 6.14. The van der Waals surface area contributed by atoms with Crippen molar-refractivity contribution >= 4 is 21.6 Å². The second-order valence-electron chi connectivity index (χ2n) is 5.35. The van der Waals surface area contributed by atoms with Crippen LogP contribution in [0.25, 0.3) is 0 Å². The van der Waals surface area contributed by atoms with Crippen molar-refractivity contribution in [3.05, 3.63) is 29.8 Å². The lowest BCUT2D eigenvalue weighted by molar-refractivity contribution is 0.242. The van der Waals surface area contributed by atoms with Crippen molar-refractivity contribution in [2.45, 2.75) is 25.8 Å². The van der Waals surface area contributed by atoms with Crippen LogP contribution < -0.4 is 10.6 Å². The zero-order chi connectivity index (χ0) is 14.1. The number of hydrogen-bond acceptors (Lipinski definition) is 3. The van der Waals surface area contributed by atoms with Gasteiger partial charge in [0.05, 0.1) is 17.0 Å². The molecule has 2 N–H and O–H groups in total. The summed E-state index contributed by atoms with van der Waals surface area (Å²) < 4.78 is 22.9. The van der Waals surface area contributed by atoms with Crippen molar-refractivity contribution in [1.29, 1.82) is 0 Å². The summed E-state index contributed by atoms with van der Waals surface area (Å²) in [6.07, 6.45) is 0.455. The number of urea groups is 1. The molecule has 0 saturated carbocycles. The molecule has 1 unspecified atom stereocenters. The number of amides is 2. The Bertz CT molecular complexity index is 580. The standard InChI is InChI=1S/C13H18N2O3S/c1-10-3-5-11(6-4-10)14-12(16)15-13(2)7-8-19(17,18)9-13/h3-6H,7-9H2,1-2H3,(H2,14,15,16). The van der Waals surface area contributed by atoms with E-state index in [1.807, 2.05) is 31.2 Å². The Hall–Kier alpha value is -1.56. The highest BCUT2D eigenvalue weighted by molar-refractivity contribution is 7.91. The molecule has 0 aromatic heterocycles. The molecule has 5 nitrogen and oxygen atoms in total. The van der Waals surface area contributed by atoms with Gasteiger partial charge in [-0.25, -0.2) is 13.2 Å². The van der Waals surface area contributed by atoms with Gasteiger partial charge in [0.1, 0.15) is 0 Å². The van der Waals surface area contributed by atoms with E-state index in [2.05, 4.69) is 10.6 Å². The van der Waals surface area contributed by atoms with Gasteiger partial charge in [0.2, 0.25) is 0 Å². The monoisotopic (exact) mass is 282 g/mol. The van der Waals surface area contributed by atoms with Crippen molar-refractivity contribution in [2.75, 3.05) is 16.8 Å². The number of sulfone groups is 1. The molecule has 1 fully saturated rings. The number of aryl methyl sites for hydroxylation is 1. The molecule has 1 heterocycles. The predicted octanol–water partition coefficient (Wildman–Crippen LogP) is 1.69. The predicted molar refractivity (Wildman–Crippen MR) is 75.0 cm³/mol. The molecule has 104 valence electrons. The molecule has 1 atom stereocenters. The molecule has 1 aromatic rings. The summed E-state index contributed by atoms with van der Waals surface area (Å²) in [7, 11) is -3.02. The molecule has 0 spiro atoms. The first-order chi connectivity index (χ1) is 8.78. The highest BCUT2D eigenvalue weighted by atomic mass is 32.2. The van der Waals surface area contributed by atoms with E-state index in [0.29, 0.717) is 12.1 Å². The van der Waals surface area contributed by atoms with Crippen molar-refractivity contribution in [1.82, 2.24) is 5.32 Å². The minimum Gasteiger partial charge on any atom is -0.332 e. The van der Waals surface area contributed by atoms with E-state index >= 15 is 0 Å². The summed E-state index contributed by atoms with van der Waals surface area (Å²) in [6, 6.07) is 7.04. The first kappa shape index (κ1) is 13.9. The lowest BCUT2D eigenvalue weighted by atomic mass is 10.0. The Morgan fingerprint density at radius 3 is 2.42 bits per heavy atom. The highest BCUT2D eigenvalue weighted by Gasteiger charge is 2.39. The Kier molecular flexibility index (Phi) is 3.54. The largest absolute Gasteiger partial charge is 0.332 e. The van der Waals surface area contributed by atoms with Crippen LogP contribution in [0.5, 0.6) is 0 Å². The van der Waals surface area contributed by atoms with Gasteiger partial charge in [-0.3, -0.25) is 0 Å². The molecule has 0 aliphatic carbocycles.